The van der Waals surface area contributed by atoms with Crippen LogP contribution in [0.1, 0.15) is 50.0 Å². The Labute approximate surface area is 179 Å². The molecule has 4 aliphatic heterocycles. The van der Waals surface area contributed by atoms with Crippen LogP contribution in [0.2, 0.25) is 0 Å². The Morgan fingerprint density at radius 3 is 2.67 bits per heavy atom. The molecule has 2 bridgehead atoms. The van der Waals surface area contributed by atoms with Gasteiger partial charge in [-0.3, -0.25) is 9.69 Å². The molecule has 4 heterocycles. The number of benzene rings is 1. The third kappa shape index (κ3) is 4.36. The van der Waals surface area contributed by atoms with Crippen molar-refractivity contribution in [2.75, 3.05) is 39.5 Å². The Balaban J connectivity index is 1.29. The summed E-state index contributed by atoms with van der Waals surface area (Å²) in [5, 5.41) is 3.32. The quantitative estimate of drug-likeness (QED) is 0.806. The van der Waals surface area contributed by atoms with Gasteiger partial charge in [0, 0.05) is 25.7 Å². The Morgan fingerprint density at radius 2 is 1.83 bits per heavy atom. The van der Waals surface area contributed by atoms with Crippen molar-refractivity contribution in [1.82, 2.24) is 10.2 Å². The molecule has 1 saturated carbocycles. The molecule has 6 heteroatoms. The number of hydrogen-bond donors (Lipinski definition) is 1. The number of carbonyl (C=O) groups excluding carboxylic acids is 1. The first-order valence-electron chi connectivity index (χ1n) is 11.7. The molecule has 3 atom stereocenters. The number of amides is 1. The van der Waals surface area contributed by atoms with E-state index in [1.54, 1.807) is 0 Å². The molecule has 1 aromatic carbocycles. The molecule has 1 aliphatic carbocycles. The highest BCUT2D eigenvalue weighted by molar-refractivity contribution is 5.79. The molecule has 164 valence electrons. The highest BCUT2D eigenvalue weighted by Crippen LogP contribution is 2.38. The van der Waals surface area contributed by atoms with E-state index in [9.17, 15) is 4.79 Å². The molecule has 6 nitrogen and oxygen atoms in total. The van der Waals surface area contributed by atoms with Crippen molar-refractivity contribution >= 4 is 5.91 Å². The van der Waals surface area contributed by atoms with Crippen LogP contribution in [-0.4, -0.2) is 68.5 Å². The Kier molecular flexibility index (Phi) is 6.25. The maximum Gasteiger partial charge on any atom is 0.225 e. The van der Waals surface area contributed by atoms with Crippen molar-refractivity contribution in [2.45, 2.75) is 62.6 Å². The van der Waals surface area contributed by atoms with E-state index < -0.39 is 0 Å². The largest absolute Gasteiger partial charge is 0.492 e. The number of para-hydroxylation sites is 1. The van der Waals surface area contributed by atoms with Crippen molar-refractivity contribution in [1.29, 1.82) is 0 Å². The summed E-state index contributed by atoms with van der Waals surface area (Å²) in [4.78, 5) is 15.1. The van der Waals surface area contributed by atoms with E-state index in [1.807, 2.05) is 0 Å². The summed E-state index contributed by atoms with van der Waals surface area (Å²) >= 11 is 0. The second-order valence-corrected chi connectivity index (χ2v) is 9.26. The van der Waals surface area contributed by atoms with Gasteiger partial charge >= 0.3 is 0 Å². The van der Waals surface area contributed by atoms with Crippen LogP contribution in [0.5, 0.6) is 5.75 Å². The van der Waals surface area contributed by atoms with Gasteiger partial charge in [0.2, 0.25) is 5.91 Å². The normalized spacial score (nSPS) is 34.7. The summed E-state index contributed by atoms with van der Waals surface area (Å²) in [6, 6.07) is 8.91. The minimum absolute atomic E-state index is 0.00448. The monoisotopic (exact) mass is 414 g/mol. The van der Waals surface area contributed by atoms with E-state index in [1.165, 1.54) is 5.56 Å². The zero-order chi connectivity index (χ0) is 20.3. The predicted molar refractivity (Wildman–Crippen MR) is 114 cm³/mol. The van der Waals surface area contributed by atoms with Crippen molar-refractivity contribution in [3.05, 3.63) is 29.8 Å². The Bertz CT molecular complexity index is 728. The molecule has 2 saturated heterocycles. The molecule has 30 heavy (non-hydrogen) atoms. The number of hydrogen-bond acceptors (Lipinski definition) is 5. The molecule has 0 unspecified atom stereocenters. The number of rotatable bonds is 2. The van der Waals surface area contributed by atoms with E-state index in [2.05, 4.69) is 34.5 Å². The average Bonchev–Trinajstić information content (AvgIpc) is 3.44. The smallest absolute Gasteiger partial charge is 0.225 e. The van der Waals surface area contributed by atoms with Crippen LogP contribution >= 0.6 is 0 Å². The third-order valence-electron chi connectivity index (χ3n) is 7.46. The van der Waals surface area contributed by atoms with Crippen LogP contribution in [0.3, 0.4) is 0 Å². The molecule has 6 rings (SSSR count). The summed E-state index contributed by atoms with van der Waals surface area (Å²) in [5.74, 6) is 1.77. The number of nitrogens with one attached hydrogen (secondary N) is 1. The van der Waals surface area contributed by atoms with E-state index in [-0.39, 0.29) is 23.9 Å². The van der Waals surface area contributed by atoms with Crippen LogP contribution in [0.15, 0.2) is 24.3 Å². The van der Waals surface area contributed by atoms with Crippen molar-refractivity contribution in [2.24, 2.45) is 5.92 Å². The Hall–Kier alpha value is -1.63. The first-order valence-corrected chi connectivity index (χ1v) is 11.7. The predicted octanol–water partition coefficient (Wildman–Crippen LogP) is 2.72. The van der Waals surface area contributed by atoms with Gasteiger partial charge in [0.15, 0.2) is 0 Å². The maximum atomic E-state index is 12.7. The lowest BCUT2D eigenvalue weighted by atomic mass is 9.82. The van der Waals surface area contributed by atoms with Gasteiger partial charge in [-0.15, -0.1) is 0 Å². The van der Waals surface area contributed by atoms with Crippen molar-refractivity contribution < 1.29 is 19.0 Å². The fourth-order valence-electron chi connectivity index (χ4n) is 5.62. The highest BCUT2D eigenvalue weighted by atomic mass is 16.5. The number of fused-ring (bicyclic) bond motifs is 5. The van der Waals surface area contributed by atoms with Gasteiger partial charge in [0.1, 0.15) is 12.4 Å². The molecule has 1 amide bonds. The standard InChI is InChI=1S/C24H34N2O4/c27-24(18-10-13-28-15-18)25-21-9-11-26-12-14-29-23-4-2-1-3-20(23)17-5-7-19(8-6-17)30-16-22(21)26/h1-4,17-19,21-22H,5-16H2,(H,25,27)/t17?,18-,19?,21-,22-/m0/s1. The van der Waals surface area contributed by atoms with Gasteiger partial charge in [-0.2, -0.15) is 0 Å². The number of ether oxygens (including phenoxy) is 3. The zero-order valence-corrected chi connectivity index (χ0v) is 17.8. The van der Waals surface area contributed by atoms with Crippen LogP contribution in [0.4, 0.5) is 0 Å². The van der Waals surface area contributed by atoms with Crippen LogP contribution in [0.25, 0.3) is 0 Å². The van der Waals surface area contributed by atoms with Crippen LogP contribution in [0, 0.1) is 5.92 Å². The van der Waals surface area contributed by atoms with Gasteiger partial charge in [0.25, 0.3) is 0 Å². The number of carbonyl (C=O) groups is 1. The first kappa shape index (κ1) is 20.3. The van der Waals surface area contributed by atoms with Gasteiger partial charge < -0.3 is 19.5 Å². The van der Waals surface area contributed by atoms with E-state index in [4.69, 9.17) is 14.2 Å². The fraction of sp³-hybridized carbons (Fsp3) is 0.708. The SMILES string of the molecule is O=C(N[C@H]1CCN2CCOc3ccccc3C3CCC(CC3)OC[C@@H]12)[C@H]1CCOC1. The maximum absolute atomic E-state index is 12.7. The van der Waals surface area contributed by atoms with E-state index in [0.717, 1.165) is 57.4 Å². The molecule has 0 aromatic heterocycles. The molecule has 0 radical (unpaired) electrons. The minimum atomic E-state index is 0.00448. The summed E-state index contributed by atoms with van der Waals surface area (Å²) in [7, 11) is 0. The minimum Gasteiger partial charge on any atom is -0.492 e. The zero-order valence-electron chi connectivity index (χ0n) is 17.8. The van der Waals surface area contributed by atoms with E-state index >= 15 is 0 Å². The topological polar surface area (TPSA) is 60.0 Å². The van der Waals surface area contributed by atoms with Gasteiger partial charge in [-0.05, 0) is 56.1 Å². The summed E-state index contributed by atoms with van der Waals surface area (Å²) in [5.41, 5.74) is 1.36. The first-order chi connectivity index (χ1) is 14.8. The Morgan fingerprint density at radius 1 is 0.967 bits per heavy atom. The van der Waals surface area contributed by atoms with E-state index in [0.29, 0.717) is 38.4 Å². The summed E-state index contributed by atoms with van der Waals surface area (Å²) < 4.78 is 18.1. The van der Waals surface area contributed by atoms with Gasteiger partial charge in [-0.1, -0.05) is 18.2 Å². The highest BCUT2D eigenvalue weighted by Gasteiger charge is 2.38. The fourth-order valence-corrected chi connectivity index (χ4v) is 5.62. The summed E-state index contributed by atoms with van der Waals surface area (Å²) in [6.07, 6.45) is 6.64. The summed E-state index contributed by atoms with van der Waals surface area (Å²) in [6.45, 7) is 4.44. The second-order valence-electron chi connectivity index (χ2n) is 9.26. The second kappa shape index (κ2) is 9.25. The van der Waals surface area contributed by atoms with Crippen LogP contribution in [-0.2, 0) is 14.3 Å². The number of nitrogens with zero attached hydrogens (tertiary/aromatic N) is 1. The molecular formula is C24H34N2O4. The third-order valence-corrected chi connectivity index (χ3v) is 7.46. The molecule has 0 spiro atoms. The molecule has 3 fully saturated rings. The van der Waals surface area contributed by atoms with Crippen molar-refractivity contribution in [3.8, 4) is 5.75 Å². The van der Waals surface area contributed by atoms with Crippen LogP contribution < -0.4 is 10.1 Å². The molecule has 1 N–H and O–H groups in total. The molecular weight excluding hydrogens is 380 g/mol. The lowest BCUT2D eigenvalue weighted by molar-refractivity contribution is -0.126. The average molecular weight is 415 g/mol. The van der Waals surface area contributed by atoms with Gasteiger partial charge in [-0.25, -0.2) is 0 Å². The molecule has 5 aliphatic rings. The lowest BCUT2D eigenvalue weighted by Gasteiger charge is -2.32. The van der Waals surface area contributed by atoms with Crippen molar-refractivity contribution in [3.63, 3.8) is 0 Å². The molecule has 1 aromatic rings. The lowest BCUT2D eigenvalue weighted by Crippen LogP contribution is -2.50. The van der Waals surface area contributed by atoms with Gasteiger partial charge in [0.05, 0.1) is 31.3 Å².